The van der Waals surface area contributed by atoms with Crippen LogP contribution in [0.25, 0.3) is 6.08 Å². The fourth-order valence-corrected chi connectivity index (χ4v) is 1.14. The maximum atomic E-state index is 10.7. The van der Waals surface area contributed by atoms with Crippen molar-refractivity contribution < 1.29 is 4.79 Å². The lowest BCUT2D eigenvalue weighted by Crippen LogP contribution is -1.93. The summed E-state index contributed by atoms with van der Waals surface area (Å²) >= 11 is 0. The van der Waals surface area contributed by atoms with Gasteiger partial charge in [-0.15, -0.1) is 0 Å². The summed E-state index contributed by atoms with van der Waals surface area (Å²) in [4.78, 5) is 10.7. The molecule has 0 heterocycles. The molecule has 0 atom stereocenters. The van der Waals surface area contributed by atoms with E-state index in [-0.39, 0.29) is 0 Å². The maximum absolute atomic E-state index is 10.7. The van der Waals surface area contributed by atoms with Crippen LogP contribution in [-0.4, -0.2) is 12.8 Å². The molecule has 68 valence electrons. The van der Waals surface area contributed by atoms with E-state index in [1.807, 2.05) is 37.3 Å². The molecule has 0 fully saturated rings. The highest BCUT2D eigenvalue weighted by atomic mass is 16.1. The van der Waals surface area contributed by atoms with Gasteiger partial charge in [0.05, 0.1) is 0 Å². The molecule has 2 heteroatoms. The van der Waals surface area contributed by atoms with Crippen LogP contribution in [0, 0.1) is 6.92 Å². The molecule has 0 unspecified atom stereocenters. The van der Waals surface area contributed by atoms with E-state index in [0.717, 1.165) is 17.4 Å². The van der Waals surface area contributed by atoms with E-state index in [9.17, 15) is 4.79 Å². The van der Waals surface area contributed by atoms with Crippen molar-refractivity contribution in [3.63, 3.8) is 0 Å². The zero-order chi connectivity index (χ0) is 9.68. The molecule has 13 heavy (non-hydrogen) atoms. The van der Waals surface area contributed by atoms with E-state index in [0.29, 0.717) is 12.1 Å². The van der Waals surface area contributed by atoms with Crippen molar-refractivity contribution in [2.75, 3.05) is 6.54 Å². The van der Waals surface area contributed by atoms with Crippen molar-refractivity contribution >= 4 is 12.4 Å². The highest BCUT2D eigenvalue weighted by Gasteiger charge is 1.97. The summed E-state index contributed by atoms with van der Waals surface area (Å²) in [6.07, 6.45) is 4.56. The van der Waals surface area contributed by atoms with Gasteiger partial charge >= 0.3 is 0 Å². The molecule has 0 aliphatic heterocycles. The zero-order valence-electron chi connectivity index (χ0n) is 7.66. The number of benzene rings is 1. The van der Waals surface area contributed by atoms with E-state index in [1.165, 1.54) is 0 Å². The molecule has 0 amide bonds. The first-order valence-corrected chi connectivity index (χ1v) is 4.20. The van der Waals surface area contributed by atoms with Crippen LogP contribution >= 0.6 is 0 Å². The van der Waals surface area contributed by atoms with Crippen LogP contribution in [0.3, 0.4) is 0 Å². The van der Waals surface area contributed by atoms with Gasteiger partial charge in [0.15, 0.2) is 6.29 Å². The molecule has 0 saturated carbocycles. The molecular formula is C11H13NO. The van der Waals surface area contributed by atoms with E-state index >= 15 is 0 Å². The third kappa shape index (κ3) is 2.53. The number of hydrogen-bond donors (Lipinski definition) is 1. The van der Waals surface area contributed by atoms with Gasteiger partial charge in [0.2, 0.25) is 0 Å². The van der Waals surface area contributed by atoms with Crippen LogP contribution in [0.15, 0.2) is 24.3 Å². The predicted octanol–water partition coefficient (Wildman–Crippen LogP) is 1.78. The number of rotatable bonds is 3. The second-order valence-corrected chi connectivity index (χ2v) is 2.89. The Morgan fingerprint density at radius 1 is 1.38 bits per heavy atom. The van der Waals surface area contributed by atoms with Crippen molar-refractivity contribution in [2.45, 2.75) is 6.92 Å². The summed E-state index contributed by atoms with van der Waals surface area (Å²) in [5.74, 6) is 0. The third-order valence-corrected chi connectivity index (χ3v) is 1.80. The smallest absolute Gasteiger partial charge is 0.150 e. The number of hydrogen-bond acceptors (Lipinski definition) is 2. The number of aryl methyl sites for hydroxylation is 1. The lowest BCUT2D eigenvalue weighted by Gasteiger charge is -1.99. The first-order valence-electron chi connectivity index (χ1n) is 4.20. The quantitative estimate of drug-likeness (QED) is 0.711. The van der Waals surface area contributed by atoms with E-state index in [2.05, 4.69) is 0 Å². The zero-order valence-corrected chi connectivity index (χ0v) is 7.66. The fraction of sp³-hybridized carbons (Fsp3) is 0.182. The van der Waals surface area contributed by atoms with Gasteiger partial charge in [0, 0.05) is 12.1 Å². The summed E-state index contributed by atoms with van der Waals surface area (Å²) in [7, 11) is 0. The number of carbonyl (C=O) groups is 1. The second kappa shape index (κ2) is 4.58. The maximum Gasteiger partial charge on any atom is 0.150 e. The van der Waals surface area contributed by atoms with Gasteiger partial charge in [-0.05, 0) is 18.6 Å². The molecule has 0 radical (unpaired) electrons. The largest absolute Gasteiger partial charge is 0.327 e. The number of aldehydes is 1. The molecule has 1 rings (SSSR count). The minimum Gasteiger partial charge on any atom is -0.327 e. The third-order valence-electron chi connectivity index (χ3n) is 1.80. The molecule has 1 aromatic rings. The van der Waals surface area contributed by atoms with Gasteiger partial charge in [-0.2, -0.15) is 0 Å². The molecule has 0 spiro atoms. The number of carbonyl (C=O) groups excluding carboxylic acids is 1. The van der Waals surface area contributed by atoms with Crippen LogP contribution < -0.4 is 5.73 Å². The van der Waals surface area contributed by atoms with Crippen molar-refractivity contribution in [1.29, 1.82) is 0 Å². The molecule has 2 nitrogen and oxygen atoms in total. The highest BCUT2D eigenvalue weighted by molar-refractivity contribution is 5.82. The Bertz CT molecular complexity index is 329. The average Bonchev–Trinajstić information content (AvgIpc) is 2.16. The van der Waals surface area contributed by atoms with Crippen molar-refractivity contribution in [3.8, 4) is 0 Å². The van der Waals surface area contributed by atoms with Crippen molar-refractivity contribution in [3.05, 3.63) is 41.0 Å². The van der Waals surface area contributed by atoms with Gasteiger partial charge in [-0.25, -0.2) is 0 Å². The standard InChI is InChI=1S/C11H13NO/c1-9-4-5-10(3-2-6-12)11(7-9)8-13/h2-5,7-8H,6,12H2,1H3/b3-2+. The minimum atomic E-state index is 0.492. The van der Waals surface area contributed by atoms with Crippen LogP contribution in [0.4, 0.5) is 0 Å². The Balaban J connectivity index is 3.06. The Labute approximate surface area is 78.1 Å². The van der Waals surface area contributed by atoms with Gasteiger partial charge in [0.1, 0.15) is 0 Å². The molecule has 0 bridgehead atoms. The van der Waals surface area contributed by atoms with Gasteiger partial charge in [-0.1, -0.05) is 29.8 Å². The summed E-state index contributed by atoms with van der Waals surface area (Å²) in [6.45, 7) is 2.45. The average molecular weight is 175 g/mol. The van der Waals surface area contributed by atoms with E-state index < -0.39 is 0 Å². The summed E-state index contributed by atoms with van der Waals surface area (Å²) in [5.41, 5.74) is 8.05. The summed E-state index contributed by atoms with van der Waals surface area (Å²) < 4.78 is 0. The minimum absolute atomic E-state index is 0.492. The second-order valence-electron chi connectivity index (χ2n) is 2.89. The van der Waals surface area contributed by atoms with Crippen molar-refractivity contribution in [1.82, 2.24) is 0 Å². The lowest BCUT2D eigenvalue weighted by atomic mass is 10.1. The molecule has 1 aromatic carbocycles. The Hall–Kier alpha value is -1.41. The van der Waals surface area contributed by atoms with E-state index in [1.54, 1.807) is 0 Å². The van der Waals surface area contributed by atoms with Crippen LogP contribution in [0.2, 0.25) is 0 Å². The topological polar surface area (TPSA) is 43.1 Å². The Morgan fingerprint density at radius 2 is 2.15 bits per heavy atom. The van der Waals surface area contributed by atoms with Gasteiger partial charge in [-0.3, -0.25) is 4.79 Å². The predicted molar refractivity (Wildman–Crippen MR) is 54.7 cm³/mol. The van der Waals surface area contributed by atoms with Gasteiger partial charge in [0.25, 0.3) is 0 Å². The first kappa shape index (κ1) is 9.68. The Morgan fingerprint density at radius 3 is 2.77 bits per heavy atom. The fourth-order valence-electron chi connectivity index (χ4n) is 1.14. The molecule has 0 aliphatic rings. The van der Waals surface area contributed by atoms with E-state index in [4.69, 9.17) is 5.73 Å². The van der Waals surface area contributed by atoms with Crippen LogP contribution in [0.5, 0.6) is 0 Å². The first-order chi connectivity index (χ1) is 6.27. The molecule has 2 N–H and O–H groups in total. The molecule has 0 saturated heterocycles. The van der Waals surface area contributed by atoms with Crippen LogP contribution in [-0.2, 0) is 0 Å². The normalized spacial score (nSPS) is 10.6. The molecule has 0 aromatic heterocycles. The van der Waals surface area contributed by atoms with Gasteiger partial charge < -0.3 is 5.73 Å². The number of nitrogens with two attached hydrogens (primary N) is 1. The lowest BCUT2D eigenvalue weighted by molar-refractivity contribution is 0.112. The summed E-state index contributed by atoms with van der Waals surface area (Å²) in [6, 6.07) is 5.76. The van der Waals surface area contributed by atoms with Crippen molar-refractivity contribution in [2.24, 2.45) is 5.73 Å². The summed E-state index contributed by atoms with van der Waals surface area (Å²) in [5, 5.41) is 0. The molecular weight excluding hydrogens is 162 g/mol. The van der Waals surface area contributed by atoms with Crippen LogP contribution in [0.1, 0.15) is 21.5 Å². The highest BCUT2D eigenvalue weighted by Crippen LogP contribution is 2.11. The molecule has 0 aliphatic carbocycles. The Kier molecular flexibility index (Phi) is 3.41. The SMILES string of the molecule is Cc1ccc(/C=C/CN)c(C=O)c1. The monoisotopic (exact) mass is 175 g/mol.